The molecule has 0 aliphatic heterocycles. The molecule has 0 aliphatic rings. The van der Waals surface area contributed by atoms with E-state index in [1.807, 2.05) is 0 Å². The first-order valence-electron chi connectivity index (χ1n) is 11.2. The van der Waals surface area contributed by atoms with Crippen molar-refractivity contribution in [2.24, 2.45) is 5.92 Å². The number of alkyl halides is 1. The molecule has 0 heterocycles. The van der Waals surface area contributed by atoms with Crippen molar-refractivity contribution in [1.82, 2.24) is 0 Å². The molecular formula is C28H34BrN. The summed E-state index contributed by atoms with van der Waals surface area (Å²) in [6, 6.07) is 26.7. The second kappa shape index (κ2) is 11.4. The smallest absolute Gasteiger partial charge is 0.0461 e. The van der Waals surface area contributed by atoms with Gasteiger partial charge < -0.3 is 4.90 Å². The summed E-state index contributed by atoms with van der Waals surface area (Å²) in [5.41, 5.74) is 7.59. The first-order chi connectivity index (χ1) is 14.6. The lowest BCUT2D eigenvalue weighted by Crippen LogP contribution is -2.10. The summed E-state index contributed by atoms with van der Waals surface area (Å²) in [5.74, 6) is 0.832. The molecule has 1 unspecified atom stereocenters. The molecule has 0 spiro atoms. The molecule has 0 bridgehead atoms. The summed E-state index contributed by atoms with van der Waals surface area (Å²) >= 11 is 3.57. The average Bonchev–Trinajstić information content (AvgIpc) is 2.77. The molecule has 2 heteroatoms. The normalized spacial score (nSPS) is 12.0. The fourth-order valence-corrected chi connectivity index (χ4v) is 4.26. The predicted molar refractivity (Wildman–Crippen MR) is 136 cm³/mol. The van der Waals surface area contributed by atoms with Crippen LogP contribution in [0.5, 0.6) is 0 Å². The Bertz CT molecular complexity index is 836. The van der Waals surface area contributed by atoms with Crippen LogP contribution < -0.4 is 4.90 Å². The van der Waals surface area contributed by atoms with E-state index in [9.17, 15) is 0 Å². The average molecular weight is 464 g/mol. The zero-order valence-corrected chi connectivity index (χ0v) is 20.2. The van der Waals surface area contributed by atoms with Gasteiger partial charge in [0.15, 0.2) is 0 Å². The van der Waals surface area contributed by atoms with Crippen molar-refractivity contribution < 1.29 is 0 Å². The van der Waals surface area contributed by atoms with E-state index >= 15 is 0 Å². The van der Waals surface area contributed by atoms with E-state index in [0.717, 1.165) is 17.7 Å². The molecule has 0 radical (unpaired) electrons. The van der Waals surface area contributed by atoms with Crippen LogP contribution in [0.25, 0.3) is 0 Å². The Labute approximate surface area is 191 Å². The summed E-state index contributed by atoms with van der Waals surface area (Å²) in [6.45, 7) is 6.59. The Kier molecular flexibility index (Phi) is 8.57. The predicted octanol–water partition coefficient (Wildman–Crippen LogP) is 8.91. The lowest BCUT2D eigenvalue weighted by molar-refractivity contribution is 0.434. The van der Waals surface area contributed by atoms with Crippen molar-refractivity contribution in [3.8, 4) is 0 Å². The molecule has 3 aromatic rings. The van der Waals surface area contributed by atoms with Crippen molar-refractivity contribution in [1.29, 1.82) is 0 Å². The third-order valence-corrected chi connectivity index (χ3v) is 6.50. The molecule has 1 atom stereocenters. The van der Waals surface area contributed by atoms with Gasteiger partial charge in [-0.05, 0) is 87.4 Å². The van der Waals surface area contributed by atoms with Crippen LogP contribution in [0.2, 0.25) is 0 Å². The highest BCUT2D eigenvalue weighted by atomic mass is 79.9. The van der Waals surface area contributed by atoms with E-state index in [1.165, 1.54) is 59.4 Å². The van der Waals surface area contributed by atoms with Gasteiger partial charge in [-0.1, -0.05) is 76.8 Å². The highest BCUT2D eigenvalue weighted by Crippen LogP contribution is 2.35. The van der Waals surface area contributed by atoms with Crippen LogP contribution in [0.4, 0.5) is 17.1 Å². The van der Waals surface area contributed by atoms with Crippen LogP contribution in [-0.2, 0) is 6.42 Å². The van der Waals surface area contributed by atoms with Crippen molar-refractivity contribution >= 4 is 33.0 Å². The first-order valence-corrected chi connectivity index (χ1v) is 12.3. The Morgan fingerprint density at radius 3 is 1.60 bits per heavy atom. The highest BCUT2D eigenvalue weighted by molar-refractivity contribution is 9.09. The number of benzene rings is 3. The molecule has 0 saturated heterocycles. The Balaban J connectivity index is 1.80. The maximum absolute atomic E-state index is 3.57. The van der Waals surface area contributed by atoms with E-state index in [0.29, 0.717) is 0 Å². The van der Waals surface area contributed by atoms with E-state index in [4.69, 9.17) is 0 Å². The zero-order valence-electron chi connectivity index (χ0n) is 18.6. The number of hydrogen-bond donors (Lipinski definition) is 0. The van der Waals surface area contributed by atoms with Crippen LogP contribution in [0, 0.1) is 19.8 Å². The van der Waals surface area contributed by atoms with E-state index in [1.54, 1.807) is 0 Å². The fourth-order valence-electron chi connectivity index (χ4n) is 3.94. The van der Waals surface area contributed by atoms with Gasteiger partial charge in [0, 0.05) is 22.4 Å². The minimum absolute atomic E-state index is 0.832. The molecule has 3 rings (SSSR count). The molecule has 3 aromatic carbocycles. The third kappa shape index (κ3) is 6.22. The fraction of sp³-hybridized carbons (Fsp3) is 0.357. The van der Waals surface area contributed by atoms with Crippen LogP contribution in [-0.4, -0.2) is 5.33 Å². The number of rotatable bonds is 10. The van der Waals surface area contributed by atoms with Gasteiger partial charge in [0.25, 0.3) is 0 Å². The highest BCUT2D eigenvalue weighted by Gasteiger charge is 2.13. The van der Waals surface area contributed by atoms with Crippen LogP contribution in [0.15, 0.2) is 72.8 Å². The van der Waals surface area contributed by atoms with Gasteiger partial charge in [0.2, 0.25) is 0 Å². The minimum Gasteiger partial charge on any atom is -0.311 e. The molecule has 30 heavy (non-hydrogen) atoms. The van der Waals surface area contributed by atoms with Crippen molar-refractivity contribution in [3.05, 3.63) is 89.5 Å². The summed E-state index contributed by atoms with van der Waals surface area (Å²) in [5, 5.41) is 1.12. The van der Waals surface area contributed by atoms with Crippen molar-refractivity contribution in [2.45, 2.75) is 52.9 Å². The van der Waals surface area contributed by atoms with Crippen LogP contribution in [0.1, 0.15) is 49.3 Å². The third-order valence-electron chi connectivity index (χ3n) is 5.94. The molecule has 0 aliphatic carbocycles. The molecule has 1 nitrogen and oxygen atoms in total. The summed E-state index contributed by atoms with van der Waals surface area (Å²) in [7, 11) is 0. The quantitative estimate of drug-likeness (QED) is 0.271. The zero-order chi connectivity index (χ0) is 21.3. The number of hydrogen-bond acceptors (Lipinski definition) is 1. The first kappa shape index (κ1) is 22.6. The van der Waals surface area contributed by atoms with Gasteiger partial charge in [-0.25, -0.2) is 0 Å². The number of anilines is 3. The van der Waals surface area contributed by atoms with Gasteiger partial charge in [-0.15, -0.1) is 0 Å². The molecule has 0 amide bonds. The number of halogens is 1. The molecule has 0 aromatic heterocycles. The Morgan fingerprint density at radius 1 is 0.700 bits per heavy atom. The monoisotopic (exact) mass is 463 g/mol. The standard InChI is InChI=1S/C28H34BrN/c1-4-24(6-5-21-29)11-12-25-13-19-28(20-14-25)30(26-15-7-22(2)8-16-26)27-17-9-23(3)10-18-27/h7-10,13-20,24H,4-6,11-12,21H2,1-3H3. The SMILES string of the molecule is CCC(CCCBr)CCc1ccc(N(c2ccc(C)cc2)c2ccc(C)cc2)cc1. The van der Waals surface area contributed by atoms with Crippen molar-refractivity contribution in [3.63, 3.8) is 0 Å². The molecule has 0 saturated carbocycles. The van der Waals surface area contributed by atoms with Gasteiger partial charge in [-0.3, -0.25) is 0 Å². The van der Waals surface area contributed by atoms with E-state index in [-0.39, 0.29) is 0 Å². The van der Waals surface area contributed by atoms with Crippen LogP contribution >= 0.6 is 15.9 Å². The van der Waals surface area contributed by atoms with Gasteiger partial charge >= 0.3 is 0 Å². The van der Waals surface area contributed by atoms with E-state index in [2.05, 4.69) is 114 Å². The number of aryl methyl sites for hydroxylation is 3. The van der Waals surface area contributed by atoms with Gasteiger partial charge in [0.05, 0.1) is 0 Å². The van der Waals surface area contributed by atoms with Crippen LogP contribution in [0.3, 0.4) is 0 Å². The second-order valence-electron chi connectivity index (χ2n) is 8.32. The maximum Gasteiger partial charge on any atom is 0.0461 e. The largest absolute Gasteiger partial charge is 0.311 e. The molecule has 0 N–H and O–H groups in total. The minimum atomic E-state index is 0.832. The lowest BCUT2D eigenvalue weighted by atomic mass is 9.93. The van der Waals surface area contributed by atoms with Gasteiger partial charge in [-0.2, -0.15) is 0 Å². The molecule has 158 valence electrons. The summed E-state index contributed by atoms with van der Waals surface area (Å²) in [4.78, 5) is 2.34. The topological polar surface area (TPSA) is 3.24 Å². The Morgan fingerprint density at radius 2 is 1.17 bits per heavy atom. The summed E-state index contributed by atoms with van der Waals surface area (Å²) in [6.07, 6.45) is 6.33. The molecule has 0 fully saturated rings. The Hall–Kier alpha value is -2.06. The maximum atomic E-state index is 3.57. The van der Waals surface area contributed by atoms with E-state index < -0.39 is 0 Å². The number of nitrogens with zero attached hydrogens (tertiary/aromatic N) is 1. The summed E-state index contributed by atoms with van der Waals surface area (Å²) < 4.78 is 0. The lowest BCUT2D eigenvalue weighted by Gasteiger charge is -2.26. The van der Waals surface area contributed by atoms with Gasteiger partial charge in [0.1, 0.15) is 0 Å². The molecular weight excluding hydrogens is 430 g/mol. The second-order valence-corrected chi connectivity index (χ2v) is 9.11. The van der Waals surface area contributed by atoms with Crippen molar-refractivity contribution in [2.75, 3.05) is 10.2 Å².